The topological polar surface area (TPSA) is 72.1 Å². The van der Waals surface area contributed by atoms with Crippen molar-refractivity contribution in [3.8, 4) is 11.5 Å². The highest BCUT2D eigenvalue weighted by molar-refractivity contribution is 9.10. The summed E-state index contributed by atoms with van der Waals surface area (Å²) >= 11 is 9.62. The van der Waals surface area contributed by atoms with E-state index in [2.05, 4.69) is 36.4 Å². The molecule has 0 aliphatic heterocycles. The van der Waals surface area contributed by atoms with Crippen molar-refractivity contribution in [2.24, 2.45) is 0 Å². The SMILES string of the molecule is CCOc1cc(CNc2ncn[nH]2)c(Br)cc1OCc1cccc(Cl)c1. The van der Waals surface area contributed by atoms with Gasteiger partial charge in [-0.25, -0.2) is 10.1 Å². The van der Waals surface area contributed by atoms with E-state index >= 15 is 0 Å². The summed E-state index contributed by atoms with van der Waals surface area (Å²) in [6, 6.07) is 11.4. The molecule has 6 nitrogen and oxygen atoms in total. The van der Waals surface area contributed by atoms with Crippen molar-refractivity contribution in [2.45, 2.75) is 20.1 Å². The van der Waals surface area contributed by atoms with E-state index in [1.165, 1.54) is 6.33 Å². The maximum Gasteiger partial charge on any atom is 0.218 e. The Morgan fingerprint density at radius 1 is 1.19 bits per heavy atom. The summed E-state index contributed by atoms with van der Waals surface area (Å²) in [5.74, 6) is 1.96. The Morgan fingerprint density at radius 2 is 2.04 bits per heavy atom. The fourth-order valence-corrected chi connectivity index (χ4v) is 3.03. The van der Waals surface area contributed by atoms with E-state index in [4.69, 9.17) is 21.1 Å². The van der Waals surface area contributed by atoms with E-state index in [0.717, 1.165) is 15.6 Å². The monoisotopic (exact) mass is 436 g/mol. The van der Waals surface area contributed by atoms with Crippen LogP contribution in [0.3, 0.4) is 0 Å². The molecule has 0 saturated carbocycles. The lowest BCUT2D eigenvalue weighted by Crippen LogP contribution is -2.05. The summed E-state index contributed by atoms with van der Waals surface area (Å²) in [7, 11) is 0. The first-order chi connectivity index (χ1) is 12.7. The van der Waals surface area contributed by atoms with Crippen LogP contribution in [0.25, 0.3) is 0 Å². The minimum atomic E-state index is 0.405. The van der Waals surface area contributed by atoms with Crippen molar-refractivity contribution < 1.29 is 9.47 Å². The van der Waals surface area contributed by atoms with Crippen molar-refractivity contribution in [1.29, 1.82) is 0 Å². The summed E-state index contributed by atoms with van der Waals surface area (Å²) in [4.78, 5) is 4.05. The number of aromatic nitrogens is 3. The van der Waals surface area contributed by atoms with Crippen molar-refractivity contribution in [1.82, 2.24) is 15.2 Å². The fraction of sp³-hybridized carbons (Fsp3) is 0.222. The molecular weight excluding hydrogens is 420 g/mol. The molecular formula is C18H18BrClN4O2. The molecule has 1 heterocycles. The van der Waals surface area contributed by atoms with Gasteiger partial charge in [-0.05, 0) is 42.3 Å². The standard InChI is InChI=1S/C18H18BrClN4O2/c1-2-25-16-7-13(9-21-18-22-11-23-24-18)15(19)8-17(16)26-10-12-4-3-5-14(20)6-12/h3-8,11H,2,9-10H2,1H3,(H2,21,22,23,24). The number of rotatable bonds is 8. The predicted octanol–water partition coefficient (Wildman–Crippen LogP) is 4.81. The van der Waals surface area contributed by atoms with Crippen LogP contribution in [0.15, 0.2) is 47.2 Å². The van der Waals surface area contributed by atoms with Crippen LogP contribution in [-0.2, 0) is 13.2 Å². The Labute approximate surface area is 165 Å². The molecule has 0 radical (unpaired) electrons. The lowest BCUT2D eigenvalue weighted by molar-refractivity contribution is 0.269. The molecule has 0 fully saturated rings. The average Bonchev–Trinajstić information content (AvgIpc) is 3.14. The molecule has 0 aliphatic carbocycles. The average molecular weight is 438 g/mol. The zero-order valence-electron chi connectivity index (χ0n) is 14.1. The first-order valence-electron chi connectivity index (χ1n) is 8.07. The summed E-state index contributed by atoms with van der Waals surface area (Å²) in [6.07, 6.45) is 1.45. The first kappa shape index (κ1) is 18.5. The second kappa shape index (κ2) is 8.91. The summed E-state index contributed by atoms with van der Waals surface area (Å²) < 4.78 is 12.6. The number of halogens is 2. The lowest BCUT2D eigenvalue weighted by Gasteiger charge is -2.15. The third-order valence-corrected chi connectivity index (χ3v) is 4.53. The van der Waals surface area contributed by atoms with Gasteiger partial charge in [0.15, 0.2) is 11.5 Å². The van der Waals surface area contributed by atoms with Crippen LogP contribution in [0.2, 0.25) is 5.02 Å². The number of aromatic amines is 1. The van der Waals surface area contributed by atoms with Gasteiger partial charge in [0.05, 0.1) is 6.61 Å². The van der Waals surface area contributed by atoms with Crippen LogP contribution >= 0.6 is 27.5 Å². The largest absolute Gasteiger partial charge is 0.490 e. The van der Waals surface area contributed by atoms with Crippen molar-refractivity contribution in [3.63, 3.8) is 0 Å². The molecule has 0 unspecified atom stereocenters. The highest BCUT2D eigenvalue weighted by Gasteiger charge is 2.12. The van der Waals surface area contributed by atoms with Gasteiger partial charge >= 0.3 is 0 Å². The number of nitrogens with one attached hydrogen (secondary N) is 2. The molecule has 3 aromatic rings. The number of benzene rings is 2. The molecule has 136 valence electrons. The Balaban J connectivity index is 1.75. The Morgan fingerprint density at radius 3 is 2.77 bits per heavy atom. The van der Waals surface area contributed by atoms with Crippen molar-refractivity contribution >= 4 is 33.5 Å². The van der Waals surface area contributed by atoms with Crippen LogP contribution in [0, 0.1) is 0 Å². The van der Waals surface area contributed by atoms with Gasteiger partial charge in [0.1, 0.15) is 12.9 Å². The normalized spacial score (nSPS) is 10.6. The second-order valence-electron chi connectivity index (χ2n) is 5.43. The molecule has 0 spiro atoms. The summed E-state index contributed by atoms with van der Waals surface area (Å²) in [5.41, 5.74) is 2.01. The Kier molecular flexibility index (Phi) is 6.35. The van der Waals surface area contributed by atoms with Gasteiger partial charge in [0.2, 0.25) is 5.95 Å². The Bertz CT molecular complexity index is 858. The third-order valence-electron chi connectivity index (χ3n) is 3.56. The quantitative estimate of drug-likeness (QED) is 0.529. The molecule has 0 amide bonds. The van der Waals surface area contributed by atoms with Gasteiger partial charge in [-0.1, -0.05) is 39.7 Å². The van der Waals surface area contributed by atoms with E-state index < -0.39 is 0 Å². The van der Waals surface area contributed by atoms with E-state index in [0.29, 0.717) is 42.2 Å². The molecule has 0 aliphatic rings. The van der Waals surface area contributed by atoms with Gasteiger partial charge in [0.25, 0.3) is 0 Å². The van der Waals surface area contributed by atoms with Crippen LogP contribution in [0.5, 0.6) is 11.5 Å². The van der Waals surface area contributed by atoms with Gasteiger partial charge in [-0.3, -0.25) is 0 Å². The molecule has 0 bridgehead atoms. The zero-order chi connectivity index (χ0) is 18.4. The van der Waals surface area contributed by atoms with E-state index in [-0.39, 0.29) is 0 Å². The predicted molar refractivity (Wildman–Crippen MR) is 105 cm³/mol. The molecule has 1 aromatic heterocycles. The van der Waals surface area contributed by atoms with Crippen LogP contribution < -0.4 is 14.8 Å². The summed E-state index contributed by atoms with van der Waals surface area (Å²) in [5, 5.41) is 10.4. The number of hydrogen-bond donors (Lipinski definition) is 2. The van der Waals surface area contributed by atoms with Gasteiger partial charge in [-0.15, -0.1) is 0 Å². The third kappa shape index (κ3) is 4.89. The number of nitrogens with zero attached hydrogens (tertiary/aromatic N) is 2. The summed E-state index contributed by atoms with van der Waals surface area (Å²) in [6.45, 7) is 3.45. The minimum absolute atomic E-state index is 0.405. The maximum atomic E-state index is 6.02. The van der Waals surface area contributed by atoms with Crippen molar-refractivity contribution in [2.75, 3.05) is 11.9 Å². The van der Waals surface area contributed by atoms with Crippen LogP contribution in [-0.4, -0.2) is 21.8 Å². The highest BCUT2D eigenvalue weighted by Crippen LogP contribution is 2.34. The molecule has 3 rings (SSSR count). The van der Waals surface area contributed by atoms with E-state index in [1.54, 1.807) is 0 Å². The van der Waals surface area contributed by atoms with Gasteiger partial charge in [0, 0.05) is 16.0 Å². The molecule has 0 atom stereocenters. The molecule has 26 heavy (non-hydrogen) atoms. The number of ether oxygens (including phenoxy) is 2. The van der Waals surface area contributed by atoms with E-state index in [9.17, 15) is 0 Å². The molecule has 8 heteroatoms. The van der Waals surface area contributed by atoms with E-state index in [1.807, 2.05) is 43.3 Å². The van der Waals surface area contributed by atoms with Gasteiger partial charge < -0.3 is 14.8 Å². The van der Waals surface area contributed by atoms with Crippen LogP contribution in [0.4, 0.5) is 5.95 Å². The maximum absolute atomic E-state index is 6.02. The zero-order valence-corrected chi connectivity index (χ0v) is 16.5. The first-order valence-corrected chi connectivity index (χ1v) is 9.24. The smallest absolute Gasteiger partial charge is 0.218 e. The molecule has 2 N–H and O–H groups in total. The highest BCUT2D eigenvalue weighted by atomic mass is 79.9. The van der Waals surface area contributed by atoms with Gasteiger partial charge in [-0.2, -0.15) is 5.10 Å². The number of hydrogen-bond acceptors (Lipinski definition) is 5. The second-order valence-corrected chi connectivity index (χ2v) is 6.72. The van der Waals surface area contributed by atoms with Crippen LogP contribution in [0.1, 0.15) is 18.1 Å². The number of H-pyrrole nitrogens is 1. The minimum Gasteiger partial charge on any atom is -0.490 e. The Hall–Kier alpha value is -2.25. The molecule has 0 saturated heterocycles. The van der Waals surface area contributed by atoms with Crippen molar-refractivity contribution in [3.05, 3.63) is 63.3 Å². The fourth-order valence-electron chi connectivity index (χ4n) is 2.35. The lowest BCUT2D eigenvalue weighted by atomic mass is 10.2. The number of anilines is 1. The molecule has 2 aromatic carbocycles.